The van der Waals surface area contributed by atoms with Gasteiger partial charge in [0.1, 0.15) is 0 Å². The molecule has 0 spiro atoms. The molecule has 0 aliphatic carbocycles. The molecule has 1 rings (SSSR count). The number of aliphatic hydroxyl groups excluding tert-OH is 2. The molecule has 1 saturated heterocycles. The van der Waals surface area contributed by atoms with Gasteiger partial charge in [0.2, 0.25) is 0 Å². The molecule has 0 saturated carbocycles. The van der Waals surface area contributed by atoms with Crippen molar-refractivity contribution in [3.05, 3.63) is 0 Å². The quantitative estimate of drug-likeness (QED) is 0.364. The van der Waals surface area contributed by atoms with Crippen LogP contribution in [0.25, 0.3) is 0 Å². The Balaban J connectivity index is 2.55. The zero-order valence-electron chi connectivity index (χ0n) is 9.22. The van der Waals surface area contributed by atoms with Crippen LogP contribution in [0.3, 0.4) is 0 Å². The topological polar surface area (TPSA) is 157 Å². The summed E-state index contributed by atoms with van der Waals surface area (Å²) >= 11 is -4.17. The number of aliphatic carboxylic acids is 1. The van der Waals surface area contributed by atoms with E-state index in [1.54, 1.807) is 0 Å². The second-order valence-electron chi connectivity index (χ2n) is 3.34. The van der Waals surface area contributed by atoms with Gasteiger partial charge in [0, 0.05) is 0 Å². The molecule has 1 fully saturated rings. The van der Waals surface area contributed by atoms with Gasteiger partial charge in [0.25, 0.3) is 0 Å². The standard InChI is InChI=1S/2C4H6O5.Bi/c2*5-2(4(8)9)1-3(6)7;/h2*2,5H,1H2,(H,6,7)(H,8,9);/q;;+3/p-3. The maximum absolute atomic E-state index is 11.2. The number of hydrogen-bond donors (Lipinski definition) is 3. The minimum atomic E-state index is -4.17. The number of rotatable bonds is 4. The summed E-state index contributed by atoms with van der Waals surface area (Å²) in [7, 11) is 0. The molecule has 10 nitrogen and oxygen atoms in total. The first-order chi connectivity index (χ1) is 8.79. The Morgan fingerprint density at radius 2 is 2.05 bits per heavy atom. The summed E-state index contributed by atoms with van der Waals surface area (Å²) in [6, 6.07) is 0. The molecule has 3 N–H and O–H groups in total. The number of carboxylic acid groups (broad SMARTS) is 1. The van der Waals surface area contributed by atoms with E-state index in [4.69, 9.17) is 15.3 Å². The van der Waals surface area contributed by atoms with Crippen LogP contribution in [-0.4, -0.2) is 74.5 Å². The SMILES string of the molecule is O=C(CC(O)C(=O)O)[O][Bi]1[O]C(=O)CC(O)C(=O)[O]1. The summed E-state index contributed by atoms with van der Waals surface area (Å²) in [5.41, 5.74) is 0. The van der Waals surface area contributed by atoms with Gasteiger partial charge >= 0.3 is 115 Å². The maximum atomic E-state index is 11.2. The molecule has 0 amide bonds. The molecule has 0 aromatic rings. The predicted molar refractivity (Wildman–Crippen MR) is 52.9 cm³/mol. The third-order valence-electron chi connectivity index (χ3n) is 1.79. The summed E-state index contributed by atoms with van der Waals surface area (Å²) in [5, 5.41) is 26.3. The fraction of sp³-hybridized carbons (Fsp3) is 0.500. The molecular formula is C8H9BiO10. The van der Waals surface area contributed by atoms with Crippen LogP contribution in [0, 0.1) is 0 Å². The Kier molecular flexibility index (Phi) is 5.58. The summed E-state index contributed by atoms with van der Waals surface area (Å²) in [6.45, 7) is 0. The van der Waals surface area contributed by atoms with Crippen molar-refractivity contribution in [3.8, 4) is 0 Å². The molecule has 0 bridgehead atoms. The Morgan fingerprint density at radius 3 is 2.63 bits per heavy atom. The van der Waals surface area contributed by atoms with Gasteiger partial charge in [0.05, 0.1) is 0 Å². The Labute approximate surface area is 115 Å². The number of carboxylic acids is 1. The molecule has 1 heterocycles. The van der Waals surface area contributed by atoms with Gasteiger partial charge in [-0.05, 0) is 0 Å². The number of carbonyl (C=O) groups is 4. The molecule has 2 unspecified atom stereocenters. The van der Waals surface area contributed by atoms with Gasteiger partial charge < -0.3 is 0 Å². The fourth-order valence-electron chi connectivity index (χ4n) is 0.917. The average Bonchev–Trinajstić information content (AvgIpc) is 2.37. The third kappa shape index (κ3) is 5.05. The molecular weight excluding hydrogens is 465 g/mol. The second kappa shape index (κ2) is 6.74. The van der Waals surface area contributed by atoms with Crippen LogP contribution >= 0.6 is 0 Å². The van der Waals surface area contributed by atoms with Gasteiger partial charge in [-0.2, -0.15) is 0 Å². The Hall–Kier alpha value is -1.32. The second-order valence-corrected chi connectivity index (χ2v) is 7.21. The number of aliphatic hydroxyl groups is 2. The van der Waals surface area contributed by atoms with Crippen molar-refractivity contribution >= 4 is 46.9 Å². The van der Waals surface area contributed by atoms with E-state index in [-0.39, 0.29) is 0 Å². The van der Waals surface area contributed by atoms with E-state index in [1.807, 2.05) is 0 Å². The van der Waals surface area contributed by atoms with Crippen molar-refractivity contribution < 1.29 is 42.9 Å². The molecule has 1 aliphatic rings. The zero-order valence-corrected chi connectivity index (χ0v) is 12.7. The molecule has 106 valence electrons. The van der Waals surface area contributed by atoms with Crippen LogP contribution in [-0.2, 0) is 27.6 Å². The van der Waals surface area contributed by atoms with Crippen molar-refractivity contribution in [2.75, 3.05) is 0 Å². The molecule has 0 aromatic heterocycles. The fourth-order valence-corrected chi connectivity index (χ4v) is 4.27. The first kappa shape index (κ1) is 15.7. The van der Waals surface area contributed by atoms with Gasteiger partial charge in [0.15, 0.2) is 0 Å². The van der Waals surface area contributed by atoms with Crippen molar-refractivity contribution in [2.45, 2.75) is 25.0 Å². The van der Waals surface area contributed by atoms with Gasteiger partial charge in [-0.1, -0.05) is 0 Å². The van der Waals surface area contributed by atoms with Gasteiger partial charge in [-0.25, -0.2) is 0 Å². The van der Waals surface area contributed by atoms with E-state index in [9.17, 15) is 19.2 Å². The van der Waals surface area contributed by atoms with Crippen molar-refractivity contribution in [2.24, 2.45) is 0 Å². The summed E-state index contributed by atoms with van der Waals surface area (Å²) < 4.78 is 13.6. The first-order valence-electron chi connectivity index (χ1n) is 4.82. The van der Waals surface area contributed by atoms with E-state index in [2.05, 4.69) is 8.44 Å². The molecule has 19 heavy (non-hydrogen) atoms. The van der Waals surface area contributed by atoms with Crippen LogP contribution in [0.5, 0.6) is 0 Å². The molecule has 0 radical (unpaired) electrons. The molecule has 0 aromatic carbocycles. The van der Waals surface area contributed by atoms with Crippen molar-refractivity contribution in [1.29, 1.82) is 0 Å². The molecule has 1 aliphatic heterocycles. The van der Waals surface area contributed by atoms with Crippen molar-refractivity contribution in [1.82, 2.24) is 0 Å². The van der Waals surface area contributed by atoms with E-state index in [1.165, 1.54) is 0 Å². The monoisotopic (exact) mass is 474 g/mol. The Bertz CT molecular complexity index is 406. The number of hydrogen-bond acceptors (Lipinski definition) is 9. The normalized spacial score (nSPS) is 21.9. The van der Waals surface area contributed by atoms with Crippen LogP contribution in [0.2, 0.25) is 0 Å². The summed E-state index contributed by atoms with van der Waals surface area (Å²) in [5.74, 6) is -4.90. The van der Waals surface area contributed by atoms with Crippen LogP contribution in [0.4, 0.5) is 0 Å². The zero-order chi connectivity index (χ0) is 14.6. The average molecular weight is 474 g/mol. The van der Waals surface area contributed by atoms with Crippen LogP contribution in [0.1, 0.15) is 12.8 Å². The van der Waals surface area contributed by atoms with E-state index >= 15 is 0 Å². The first-order valence-corrected chi connectivity index (χ1v) is 9.08. The molecule has 2 atom stereocenters. The third-order valence-corrected chi connectivity index (χ3v) is 5.82. The summed E-state index contributed by atoms with van der Waals surface area (Å²) in [4.78, 5) is 43.6. The van der Waals surface area contributed by atoms with Crippen LogP contribution < -0.4 is 0 Å². The molecule has 11 heteroatoms. The van der Waals surface area contributed by atoms with E-state index in [0.29, 0.717) is 0 Å². The van der Waals surface area contributed by atoms with Crippen molar-refractivity contribution in [3.63, 3.8) is 0 Å². The van der Waals surface area contributed by atoms with Gasteiger partial charge in [-0.3, -0.25) is 0 Å². The number of carbonyl (C=O) groups excluding carboxylic acids is 3. The van der Waals surface area contributed by atoms with E-state index in [0.717, 1.165) is 0 Å². The van der Waals surface area contributed by atoms with E-state index < -0.39 is 72.0 Å². The Morgan fingerprint density at radius 1 is 1.42 bits per heavy atom. The minimum absolute atomic E-state index is 0.611. The van der Waals surface area contributed by atoms with Gasteiger partial charge in [-0.15, -0.1) is 0 Å². The summed E-state index contributed by atoms with van der Waals surface area (Å²) in [6.07, 6.45) is -5.14. The van der Waals surface area contributed by atoms with Crippen LogP contribution in [0.15, 0.2) is 0 Å². The predicted octanol–water partition coefficient (Wildman–Crippen LogP) is -2.80.